The summed E-state index contributed by atoms with van der Waals surface area (Å²) in [6.45, 7) is 8.43. The molecule has 2 aromatic carbocycles. The fourth-order valence-electron chi connectivity index (χ4n) is 8.84. The molecule has 4 aliphatic rings. The second-order valence-corrected chi connectivity index (χ2v) is 15.1. The molecule has 3 aromatic rings. The number of hydrogen-bond acceptors (Lipinski definition) is 7. The standard InChI is InChI=1S/C40H53N7O5/c1-4-52-38(50)40(25-30-27-43(3)35-12-8-6-10-33(30)35,37(49)46-19-13-31(14-20-46)44-23-21-42(2)22-24-44)26-36(48)45-17-15-32(16-18-45)47-28-29-9-5-7-11-34(29)41-39(47)51/h5-12,27,31-32H,4,13-26,28H2,1-3H3,(H,41,51). The number of carbonyl (C=O) groups excluding carboxylic acids is 4. The van der Waals surface area contributed by atoms with E-state index in [1.54, 1.807) is 11.8 Å². The van der Waals surface area contributed by atoms with Gasteiger partial charge in [-0.1, -0.05) is 36.4 Å². The van der Waals surface area contributed by atoms with Crippen LogP contribution in [0.5, 0.6) is 0 Å². The Bertz CT molecular complexity index is 1790. The van der Waals surface area contributed by atoms with Crippen molar-refractivity contribution in [3.8, 4) is 0 Å². The number of rotatable bonds is 9. The molecule has 5 heterocycles. The van der Waals surface area contributed by atoms with Crippen molar-refractivity contribution in [2.45, 2.75) is 64.1 Å². The van der Waals surface area contributed by atoms with E-state index in [1.807, 2.05) is 76.1 Å². The molecule has 1 aromatic heterocycles. The Hall–Kier alpha value is -4.42. The van der Waals surface area contributed by atoms with E-state index in [1.165, 1.54) is 0 Å². The van der Waals surface area contributed by atoms with Gasteiger partial charge >= 0.3 is 12.0 Å². The number of carbonyl (C=O) groups is 4. The number of piperazine rings is 1. The fraction of sp³-hybridized carbons (Fsp3) is 0.550. The lowest BCUT2D eigenvalue weighted by Crippen LogP contribution is -2.58. The number of ether oxygens (including phenoxy) is 1. The Labute approximate surface area is 306 Å². The quantitative estimate of drug-likeness (QED) is 0.265. The lowest BCUT2D eigenvalue weighted by atomic mass is 9.76. The summed E-state index contributed by atoms with van der Waals surface area (Å²) in [5.74, 6) is -1.19. The van der Waals surface area contributed by atoms with Crippen LogP contribution in [0.4, 0.5) is 10.5 Å². The predicted molar refractivity (Wildman–Crippen MR) is 200 cm³/mol. The maximum atomic E-state index is 15.0. The highest BCUT2D eigenvalue weighted by Gasteiger charge is 2.53. The average molecular weight is 712 g/mol. The van der Waals surface area contributed by atoms with Gasteiger partial charge in [-0.05, 0) is 62.9 Å². The molecule has 3 saturated heterocycles. The number of aromatic nitrogens is 1. The number of amides is 4. The number of urea groups is 1. The molecular weight excluding hydrogens is 658 g/mol. The lowest BCUT2D eigenvalue weighted by Gasteiger charge is -2.44. The average Bonchev–Trinajstić information content (AvgIpc) is 3.48. The topological polar surface area (TPSA) is 111 Å². The molecule has 3 fully saturated rings. The van der Waals surface area contributed by atoms with Crippen molar-refractivity contribution in [3.05, 3.63) is 65.9 Å². The zero-order valence-corrected chi connectivity index (χ0v) is 30.9. The van der Waals surface area contributed by atoms with Gasteiger partial charge in [-0.2, -0.15) is 0 Å². The van der Waals surface area contributed by atoms with Crippen molar-refractivity contribution in [2.24, 2.45) is 12.5 Å². The minimum Gasteiger partial charge on any atom is -0.465 e. The molecule has 7 rings (SSSR count). The third kappa shape index (κ3) is 7.15. The Balaban J connectivity index is 1.12. The van der Waals surface area contributed by atoms with Crippen molar-refractivity contribution < 1.29 is 23.9 Å². The SMILES string of the molecule is CCOC(=O)C(CC(=O)N1CCC(N2Cc3ccccc3NC2=O)CC1)(Cc1cn(C)c2ccccc12)C(=O)N1CCC(N2CCN(C)CC2)CC1. The number of anilines is 1. The van der Waals surface area contributed by atoms with Gasteiger partial charge in [0.2, 0.25) is 11.8 Å². The first kappa shape index (κ1) is 36.0. The first-order valence-corrected chi connectivity index (χ1v) is 19.0. The molecule has 4 aliphatic heterocycles. The molecule has 1 N–H and O–H groups in total. The fourth-order valence-corrected chi connectivity index (χ4v) is 8.84. The number of hydrogen-bond donors (Lipinski definition) is 1. The van der Waals surface area contributed by atoms with Crippen LogP contribution in [0.15, 0.2) is 54.7 Å². The molecule has 52 heavy (non-hydrogen) atoms. The molecule has 0 saturated carbocycles. The predicted octanol–water partition coefficient (Wildman–Crippen LogP) is 3.94. The highest BCUT2D eigenvalue weighted by Crippen LogP contribution is 2.38. The maximum absolute atomic E-state index is 15.0. The molecule has 12 nitrogen and oxygen atoms in total. The van der Waals surface area contributed by atoms with E-state index in [0.717, 1.165) is 66.7 Å². The number of piperidine rings is 2. The van der Waals surface area contributed by atoms with E-state index in [9.17, 15) is 19.2 Å². The zero-order valence-electron chi connectivity index (χ0n) is 30.9. The van der Waals surface area contributed by atoms with E-state index >= 15 is 0 Å². The number of nitrogens with zero attached hydrogens (tertiary/aromatic N) is 6. The van der Waals surface area contributed by atoms with Crippen LogP contribution in [0.25, 0.3) is 10.9 Å². The Morgan fingerprint density at radius 3 is 2.21 bits per heavy atom. The smallest absolute Gasteiger partial charge is 0.322 e. The van der Waals surface area contributed by atoms with E-state index in [-0.39, 0.29) is 43.3 Å². The molecule has 0 bridgehead atoms. The Kier molecular flexibility index (Phi) is 10.6. The Morgan fingerprint density at radius 1 is 0.827 bits per heavy atom. The van der Waals surface area contributed by atoms with Crippen LogP contribution in [0, 0.1) is 5.41 Å². The molecule has 4 amide bonds. The normalized spacial score (nSPS) is 20.8. The third-order valence-corrected chi connectivity index (χ3v) is 11.9. The monoisotopic (exact) mass is 711 g/mol. The lowest BCUT2D eigenvalue weighted by molar-refractivity contribution is -0.169. The number of esters is 1. The zero-order chi connectivity index (χ0) is 36.4. The number of fused-ring (bicyclic) bond motifs is 2. The number of para-hydroxylation sites is 2. The minimum atomic E-state index is -1.72. The number of likely N-dealkylation sites (N-methyl/N-ethyl adjacent to an activating group) is 1. The van der Waals surface area contributed by atoms with Gasteiger partial charge in [0, 0.05) is 107 Å². The number of nitrogens with one attached hydrogen (secondary N) is 1. The molecule has 0 aliphatic carbocycles. The van der Waals surface area contributed by atoms with Crippen LogP contribution in [-0.4, -0.2) is 131 Å². The van der Waals surface area contributed by atoms with E-state index in [0.29, 0.717) is 51.6 Å². The van der Waals surface area contributed by atoms with Crippen LogP contribution >= 0.6 is 0 Å². The largest absolute Gasteiger partial charge is 0.465 e. The summed E-state index contributed by atoms with van der Waals surface area (Å²) in [6, 6.07) is 16.0. The van der Waals surface area contributed by atoms with Gasteiger partial charge in [-0.15, -0.1) is 0 Å². The maximum Gasteiger partial charge on any atom is 0.322 e. The minimum absolute atomic E-state index is 0.0221. The third-order valence-electron chi connectivity index (χ3n) is 11.9. The Morgan fingerprint density at radius 2 is 1.48 bits per heavy atom. The van der Waals surface area contributed by atoms with Gasteiger partial charge in [0.15, 0.2) is 5.41 Å². The van der Waals surface area contributed by atoms with Crippen LogP contribution in [0.2, 0.25) is 0 Å². The molecular formula is C40H53N7O5. The van der Waals surface area contributed by atoms with Crippen LogP contribution in [0.1, 0.15) is 50.2 Å². The molecule has 1 atom stereocenters. The molecule has 12 heteroatoms. The van der Waals surface area contributed by atoms with Crippen molar-refractivity contribution >= 4 is 40.4 Å². The van der Waals surface area contributed by atoms with Crippen LogP contribution in [0.3, 0.4) is 0 Å². The highest BCUT2D eigenvalue weighted by atomic mass is 16.5. The van der Waals surface area contributed by atoms with E-state index < -0.39 is 11.4 Å². The van der Waals surface area contributed by atoms with Crippen molar-refractivity contribution in [3.63, 3.8) is 0 Å². The van der Waals surface area contributed by atoms with E-state index in [2.05, 4.69) is 22.2 Å². The number of aryl methyl sites for hydroxylation is 1. The highest BCUT2D eigenvalue weighted by molar-refractivity contribution is 6.06. The molecule has 1 unspecified atom stereocenters. The molecule has 0 radical (unpaired) electrons. The van der Waals surface area contributed by atoms with Gasteiger partial charge < -0.3 is 34.2 Å². The summed E-state index contributed by atoms with van der Waals surface area (Å²) >= 11 is 0. The van der Waals surface area contributed by atoms with Gasteiger partial charge in [0.05, 0.1) is 13.0 Å². The second-order valence-electron chi connectivity index (χ2n) is 15.1. The summed E-state index contributed by atoms with van der Waals surface area (Å²) in [7, 11) is 4.11. The van der Waals surface area contributed by atoms with Gasteiger partial charge in [0.1, 0.15) is 0 Å². The summed E-state index contributed by atoms with van der Waals surface area (Å²) in [4.78, 5) is 67.1. The number of benzene rings is 2. The van der Waals surface area contributed by atoms with Gasteiger partial charge in [-0.3, -0.25) is 19.3 Å². The summed E-state index contributed by atoms with van der Waals surface area (Å²) < 4.78 is 7.74. The summed E-state index contributed by atoms with van der Waals surface area (Å²) in [6.07, 6.45) is 4.67. The van der Waals surface area contributed by atoms with Crippen molar-refractivity contribution in [1.29, 1.82) is 0 Å². The van der Waals surface area contributed by atoms with Crippen molar-refractivity contribution in [2.75, 3.05) is 71.3 Å². The van der Waals surface area contributed by atoms with E-state index in [4.69, 9.17) is 4.74 Å². The first-order valence-electron chi connectivity index (χ1n) is 19.0. The van der Waals surface area contributed by atoms with Crippen molar-refractivity contribution in [1.82, 2.24) is 29.1 Å². The molecule has 0 spiro atoms. The van der Waals surface area contributed by atoms with Crippen LogP contribution in [-0.2, 0) is 39.1 Å². The second kappa shape index (κ2) is 15.3. The first-order chi connectivity index (χ1) is 25.2. The van der Waals surface area contributed by atoms with Gasteiger partial charge in [0.25, 0.3) is 0 Å². The van der Waals surface area contributed by atoms with Crippen LogP contribution < -0.4 is 5.32 Å². The van der Waals surface area contributed by atoms with Gasteiger partial charge in [-0.25, -0.2) is 4.79 Å². The molecule has 278 valence electrons. The summed E-state index contributed by atoms with van der Waals surface area (Å²) in [5.41, 5.74) is 2.03. The number of likely N-dealkylation sites (tertiary alicyclic amines) is 2. The summed E-state index contributed by atoms with van der Waals surface area (Å²) in [5, 5.41) is 3.96.